The van der Waals surface area contributed by atoms with E-state index < -0.39 is 11.8 Å². The van der Waals surface area contributed by atoms with Crippen LogP contribution in [0.25, 0.3) is 0 Å². The lowest BCUT2D eigenvalue weighted by atomic mass is 10.3. The molecule has 0 aliphatic carbocycles. The maximum absolute atomic E-state index is 12.0. The molecule has 2 N–H and O–H groups in total. The summed E-state index contributed by atoms with van der Waals surface area (Å²) in [5, 5.41) is 12.0. The molecule has 1 saturated heterocycles. The average molecular weight is 243 g/mol. The van der Waals surface area contributed by atoms with Crippen molar-refractivity contribution in [3.63, 3.8) is 0 Å². The van der Waals surface area contributed by atoms with Crippen LogP contribution in [0.2, 0.25) is 0 Å². The molecule has 98 valence electrons. The van der Waals surface area contributed by atoms with Crippen molar-refractivity contribution in [3.05, 3.63) is 0 Å². The Morgan fingerprint density at radius 1 is 1.35 bits per heavy atom. The zero-order valence-electron chi connectivity index (χ0n) is 10.3. The maximum Gasteiger partial charge on any atom is 0.312 e. The molecule has 0 aromatic carbocycles. The van der Waals surface area contributed by atoms with Crippen molar-refractivity contribution in [1.82, 2.24) is 15.1 Å². The Morgan fingerprint density at radius 2 is 2.12 bits per heavy atom. The Balaban J connectivity index is 2.57. The van der Waals surface area contributed by atoms with Crippen molar-refractivity contribution in [2.75, 3.05) is 45.9 Å². The first kappa shape index (κ1) is 13.9. The summed E-state index contributed by atoms with van der Waals surface area (Å²) >= 11 is 0. The molecule has 6 heteroatoms. The van der Waals surface area contributed by atoms with E-state index in [4.69, 9.17) is 5.11 Å². The normalized spacial score (nSPS) is 16.5. The summed E-state index contributed by atoms with van der Waals surface area (Å²) < 4.78 is 0. The largest absolute Gasteiger partial charge is 0.395 e. The van der Waals surface area contributed by atoms with Gasteiger partial charge in [0.25, 0.3) is 0 Å². The van der Waals surface area contributed by atoms with E-state index >= 15 is 0 Å². The van der Waals surface area contributed by atoms with Crippen LogP contribution in [0.5, 0.6) is 0 Å². The minimum Gasteiger partial charge on any atom is -0.395 e. The highest BCUT2D eigenvalue weighted by atomic mass is 16.3. The lowest BCUT2D eigenvalue weighted by molar-refractivity contribution is -0.151. The van der Waals surface area contributed by atoms with Crippen molar-refractivity contribution < 1.29 is 14.7 Å². The number of carbonyl (C=O) groups excluding carboxylic acids is 2. The smallest absolute Gasteiger partial charge is 0.312 e. The summed E-state index contributed by atoms with van der Waals surface area (Å²) in [7, 11) is 0. The minimum atomic E-state index is -0.511. The van der Waals surface area contributed by atoms with Gasteiger partial charge < -0.3 is 20.2 Å². The van der Waals surface area contributed by atoms with Crippen LogP contribution in [0.1, 0.15) is 13.3 Å². The monoisotopic (exact) mass is 243 g/mol. The average Bonchev–Trinajstić information content (AvgIpc) is 2.63. The molecule has 0 bridgehead atoms. The highest BCUT2D eigenvalue weighted by molar-refractivity contribution is 6.34. The molecule has 0 aromatic heterocycles. The fourth-order valence-electron chi connectivity index (χ4n) is 1.84. The highest BCUT2D eigenvalue weighted by Crippen LogP contribution is 2.00. The van der Waals surface area contributed by atoms with Crippen LogP contribution in [0.3, 0.4) is 0 Å². The fraction of sp³-hybridized carbons (Fsp3) is 0.818. The number of nitrogens with zero attached hydrogens (tertiary/aromatic N) is 2. The number of hydrogen-bond donors (Lipinski definition) is 2. The number of amides is 2. The molecule has 0 atom stereocenters. The molecule has 1 aliphatic rings. The van der Waals surface area contributed by atoms with E-state index in [1.165, 1.54) is 4.90 Å². The van der Waals surface area contributed by atoms with E-state index in [1.54, 1.807) is 11.8 Å². The van der Waals surface area contributed by atoms with Crippen molar-refractivity contribution >= 4 is 11.8 Å². The van der Waals surface area contributed by atoms with Crippen LogP contribution in [0, 0.1) is 0 Å². The number of rotatable bonds is 3. The number of aliphatic hydroxyl groups excluding tert-OH is 1. The van der Waals surface area contributed by atoms with E-state index in [1.807, 2.05) is 0 Å². The SMILES string of the molecule is CCN(CCO)C(=O)C(=O)N1CCCNCC1. The van der Waals surface area contributed by atoms with Gasteiger partial charge in [0.05, 0.1) is 6.61 Å². The topological polar surface area (TPSA) is 72.9 Å². The molecule has 1 aliphatic heterocycles. The Morgan fingerprint density at radius 3 is 2.76 bits per heavy atom. The first-order valence-corrected chi connectivity index (χ1v) is 6.10. The van der Waals surface area contributed by atoms with Gasteiger partial charge in [0, 0.05) is 32.7 Å². The van der Waals surface area contributed by atoms with Crippen molar-refractivity contribution in [2.24, 2.45) is 0 Å². The first-order chi connectivity index (χ1) is 8.20. The summed E-state index contributed by atoms with van der Waals surface area (Å²) in [5.74, 6) is -0.965. The summed E-state index contributed by atoms with van der Waals surface area (Å²) in [5.41, 5.74) is 0. The molecular formula is C11H21N3O3. The third-order valence-electron chi connectivity index (χ3n) is 2.85. The molecule has 0 unspecified atom stereocenters. The van der Waals surface area contributed by atoms with Crippen molar-refractivity contribution in [1.29, 1.82) is 0 Å². The summed E-state index contributed by atoms with van der Waals surface area (Å²) in [4.78, 5) is 26.8. The predicted molar refractivity (Wildman–Crippen MR) is 63.4 cm³/mol. The molecule has 1 heterocycles. The number of carbonyl (C=O) groups is 2. The third-order valence-corrected chi connectivity index (χ3v) is 2.85. The fourth-order valence-corrected chi connectivity index (χ4v) is 1.84. The third kappa shape index (κ3) is 3.98. The maximum atomic E-state index is 12.0. The van der Waals surface area contributed by atoms with E-state index in [0.29, 0.717) is 19.6 Å². The van der Waals surface area contributed by atoms with Gasteiger partial charge in [0.2, 0.25) is 0 Å². The van der Waals surface area contributed by atoms with Crippen molar-refractivity contribution in [3.8, 4) is 0 Å². The van der Waals surface area contributed by atoms with Crippen LogP contribution in [-0.2, 0) is 9.59 Å². The lowest BCUT2D eigenvalue weighted by Crippen LogP contribution is -2.47. The van der Waals surface area contributed by atoms with E-state index in [9.17, 15) is 9.59 Å². The molecule has 2 amide bonds. The van der Waals surface area contributed by atoms with E-state index in [2.05, 4.69) is 5.32 Å². The van der Waals surface area contributed by atoms with Crippen LogP contribution in [-0.4, -0.2) is 72.6 Å². The van der Waals surface area contributed by atoms with Gasteiger partial charge >= 0.3 is 11.8 Å². The molecule has 1 rings (SSSR count). The standard InChI is InChI=1S/C11H21N3O3/c1-2-13(8-9-15)10(16)11(17)14-6-3-4-12-5-7-14/h12,15H,2-9H2,1H3. The molecule has 1 fully saturated rings. The quantitative estimate of drug-likeness (QED) is 0.601. The van der Waals surface area contributed by atoms with Crippen LogP contribution in [0.15, 0.2) is 0 Å². The van der Waals surface area contributed by atoms with Crippen LogP contribution >= 0.6 is 0 Å². The van der Waals surface area contributed by atoms with E-state index in [0.717, 1.165) is 19.5 Å². The van der Waals surface area contributed by atoms with Gasteiger partial charge in [0.1, 0.15) is 0 Å². The van der Waals surface area contributed by atoms with Crippen LogP contribution in [0.4, 0.5) is 0 Å². The van der Waals surface area contributed by atoms with Gasteiger partial charge in [-0.3, -0.25) is 9.59 Å². The lowest BCUT2D eigenvalue weighted by Gasteiger charge is -2.24. The second-order valence-electron chi connectivity index (χ2n) is 4.00. The summed E-state index contributed by atoms with van der Waals surface area (Å²) in [6.07, 6.45) is 0.866. The van der Waals surface area contributed by atoms with Gasteiger partial charge in [0.15, 0.2) is 0 Å². The minimum absolute atomic E-state index is 0.117. The van der Waals surface area contributed by atoms with Gasteiger partial charge in [-0.05, 0) is 19.9 Å². The molecule has 6 nitrogen and oxygen atoms in total. The van der Waals surface area contributed by atoms with Gasteiger partial charge in [-0.1, -0.05) is 0 Å². The van der Waals surface area contributed by atoms with Gasteiger partial charge in [-0.2, -0.15) is 0 Å². The second-order valence-corrected chi connectivity index (χ2v) is 4.00. The Hall–Kier alpha value is -1.14. The molecule has 0 aromatic rings. The van der Waals surface area contributed by atoms with Gasteiger partial charge in [-0.25, -0.2) is 0 Å². The molecule has 0 radical (unpaired) electrons. The Kier molecular flexibility index (Phi) is 5.93. The van der Waals surface area contributed by atoms with Crippen molar-refractivity contribution in [2.45, 2.75) is 13.3 Å². The van der Waals surface area contributed by atoms with Gasteiger partial charge in [-0.15, -0.1) is 0 Å². The summed E-state index contributed by atoms with van der Waals surface area (Å²) in [6, 6.07) is 0. The highest BCUT2D eigenvalue weighted by Gasteiger charge is 2.26. The number of hydrogen-bond acceptors (Lipinski definition) is 4. The number of aliphatic hydroxyl groups is 1. The van der Waals surface area contributed by atoms with E-state index in [-0.39, 0.29) is 13.2 Å². The molecule has 0 spiro atoms. The Labute approximate surface area is 102 Å². The predicted octanol–water partition coefficient (Wildman–Crippen LogP) is -1.35. The number of likely N-dealkylation sites (N-methyl/N-ethyl adjacent to an activating group) is 1. The van der Waals surface area contributed by atoms with Crippen LogP contribution < -0.4 is 5.32 Å². The molecular weight excluding hydrogens is 222 g/mol. The zero-order chi connectivity index (χ0) is 12.7. The first-order valence-electron chi connectivity index (χ1n) is 6.10. The Bertz CT molecular complexity index is 263. The molecule has 17 heavy (non-hydrogen) atoms. The molecule has 0 saturated carbocycles. The second kappa shape index (κ2) is 7.24. The zero-order valence-corrected chi connectivity index (χ0v) is 10.3. The summed E-state index contributed by atoms with van der Waals surface area (Å²) in [6.45, 7) is 5.14. The number of nitrogens with one attached hydrogen (secondary N) is 1.